The fourth-order valence-corrected chi connectivity index (χ4v) is 2.79. The summed E-state index contributed by atoms with van der Waals surface area (Å²) in [6.07, 6.45) is 2.52. The Hall–Kier alpha value is -1.33. The van der Waals surface area contributed by atoms with E-state index in [2.05, 4.69) is 26.3 Å². The quantitative estimate of drug-likeness (QED) is 0.856. The molecule has 1 heterocycles. The third-order valence-corrected chi connectivity index (χ3v) is 4.27. The Bertz CT molecular complexity index is 687. The fourth-order valence-electron chi connectivity index (χ4n) is 2.07. The average molecular weight is 371 g/mol. The predicted octanol–water partition coefficient (Wildman–Crippen LogP) is 4.24. The van der Waals surface area contributed by atoms with Gasteiger partial charge in [0.15, 0.2) is 0 Å². The molecule has 0 aliphatic rings. The maximum Gasteiger partial charge on any atom is 0.283 e. The number of hydrogen-bond donors (Lipinski definition) is 1. The number of anilines is 1. The van der Waals surface area contributed by atoms with E-state index in [0.29, 0.717) is 21.7 Å². The largest absolute Gasteiger partial charge is 0.376 e. The number of aryl methyl sites for hydroxylation is 1. The minimum absolute atomic E-state index is 0.0294. The van der Waals surface area contributed by atoms with Crippen molar-refractivity contribution >= 4 is 33.2 Å². The van der Waals surface area contributed by atoms with E-state index in [4.69, 9.17) is 11.6 Å². The van der Waals surface area contributed by atoms with Gasteiger partial charge in [-0.05, 0) is 40.9 Å². The lowest BCUT2D eigenvalue weighted by Crippen LogP contribution is -2.24. The molecule has 0 amide bonds. The van der Waals surface area contributed by atoms with Crippen LogP contribution < -0.4 is 10.9 Å². The van der Waals surface area contributed by atoms with E-state index >= 15 is 0 Å². The number of nitrogens with zero attached hydrogens (tertiary/aromatic N) is 2. The molecule has 0 spiro atoms. The highest BCUT2D eigenvalue weighted by molar-refractivity contribution is 9.10. The van der Waals surface area contributed by atoms with Crippen LogP contribution in [-0.4, -0.2) is 9.78 Å². The van der Waals surface area contributed by atoms with Gasteiger partial charge in [-0.3, -0.25) is 4.79 Å². The second kappa shape index (κ2) is 7.09. The van der Waals surface area contributed by atoms with Crippen LogP contribution in [0.15, 0.2) is 39.7 Å². The zero-order valence-corrected chi connectivity index (χ0v) is 14.3. The maximum atomic E-state index is 12.2. The van der Waals surface area contributed by atoms with Crippen LogP contribution in [-0.2, 0) is 6.54 Å². The minimum atomic E-state index is -0.131. The van der Waals surface area contributed by atoms with E-state index in [1.807, 2.05) is 38.1 Å². The van der Waals surface area contributed by atoms with Crippen molar-refractivity contribution in [2.75, 3.05) is 5.32 Å². The summed E-state index contributed by atoms with van der Waals surface area (Å²) in [5.41, 5.74) is 1.51. The van der Waals surface area contributed by atoms with Crippen LogP contribution in [0.2, 0.25) is 5.02 Å². The van der Waals surface area contributed by atoms with Gasteiger partial charge < -0.3 is 5.32 Å². The first-order chi connectivity index (χ1) is 10.0. The van der Waals surface area contributed by atoms with Gasteiger partial charge in [0.2, 0.25) is 0 Å². The van der Waals surface area contributed by atoms with Gasteiger partial charge in [0.25, 0.3) is 5.56 Å². The molecule has 1 atom stereocenters. The molecule has 4 nitrogen and oxygen atoms in total. The lowest BCUT2D eigenvalue weighted by molar-refractivity contribution is 0.565. The second-order valence-corrected chi connectivity index (χ2v) is 5.99. The smallest absolute Gasteiger partial charge is 0.283 e. The highest BCUT2D eigenvalue weighted by Gasteiger charge is 2.13. The highest BCUT2D eigenvalue weighted by atomic mass is 79.9. The zero-order chi connectivity index (χ0) is 15.4. The predicted molar refractivity (Wildman–Crippen MR) is 90.0 cm³/mol. The molecule has 0 bridgehead atoms. The van der Waals surface area contributed by atoms with Crippen molar-refractivity contribution in [1.82, 2.24) is 9.78 Å². The summed E-state index contributed by atoms with van der Waals surface area (Å²) < 4.78 is 1.94. The van der Waals surface area contributed by atoms with Crippen LogP contribution in [0.3, 0.4) is 0 Å². The van der Waals surface area contributed by atoms with E-state index in [-0.39, 0.29) is 11.6 Å². The first-order valence-electron chi connectivity index (χ1n) is 6.81. The van der Waals surface area contributed by atoms with E-state index in [1.54, 1.807) is 6.20 Å². The van der Waals surface area contributed by atoms with Gasteiger partial charge in [-0.15, -0.1) is 0 Å². The number of hydrogen-bond acceptors (Lipinski definition) is 3. The molecular formula is C15H17BrClN3O. The van der Waals surface area contributed by atoms with Gasteiger partial charge in [0, 0.05) is 11.6 Å². The van der Waals surface area contributed by atoms with Crippen LogP contribution in [0.5, 0.6) is 0 Å². The maximum absolute atomic E-state index is 12.2. The molecule has 0 saturated heterocycles. The van der Waals surface area contributed by atoms with E-state index in [9.17, 15) is 4.79 Å². The first-order valence-corrected chi connectivity index (χ1v) is 7.98. The third kappa shape index (κ3) is 3.66. The minimum Gasteiger partial charge on any atom is -0.376 e. The Morgan fingerprint density at radius 1 is 1.43 bits per heavy atom. The molecule has 1 aromatic carbocycles. The van der Waals surface area contributed by atoms with Crippen molar-refractivity contribution < 1.29 is 0 Å². The SMILES string of the molecule is CCCn1ncc(NC(C)c2ccccc2Cl)c(Br)c1=O. The number of rotatable bonds is 5. The van der Waals surface area contributed by atoms with Crippen molar-refractivity contribution in [1.29, 1.82) is 0 Å². The molecule has 6 heteroatoms. The lowest BCUT2D eigenvalue weighted by atomic mass is 10.1. The van der Waals surface area contributed by atoms with Gasteiger partial charge >= 0.3 is 0 Å². The number of aromatic nitrogens is 2. The van der Waals surface area contributed by atoms with Crippen molar-refractivity contribution in [3.05, 3.63) is 55.9 Å². The Kier molecular flexibility index (Phi) is 5.42. The molecule has 0 saturated carbocycles. The van der Waals surface area contributed by atoms with Gasteiger partial charge in [-0.25, -0.2) is 4.68 Å². The molecule has 1 N–H and O–H groups in total. The number of benzene rings is 1. The molecule has 1 unspecified atom stereocenters. The van der Waals surface area contributed by atoms with Crippen molar-refractivity contribution in [3.8, 4) is 0 Å². The second-order valence-electron chi connectivity index (χ2n) is 4.79. The van der Waals surface area contributed by atoms with Crippen LogP contribution in [0.4, 0.5) is 5.69 Å². The Balaban J connectivity index is 2.26. The monoisotopic (exact) mass is 369 g/mol. The Morgan fingerprint density at radius 3 is 2.81 bits per heavy atom. The zero-order valence-electron chi connectivity index (χ0n) is 11.9. The first kappa shape index (κ1) is 16.0. The third-order valence-electron chi connectivity index (χ3n) is 3.16. The van der Waals surface area contributed by atoms with Crippen molar-refractivity contribution in [2.45, 2.75) is 32.9 Å². The van der Waals surface area contributed by atoms with Crippen molar-refractivity contribution in [3.63, 3.8) is 0 Å². The highest BCUT2D eigenvalue weighted by Crippen LogP contribution is 2.27. The van der Waals surface area contributed by atoms with Crippen LogP contribution in [0, 0.1) is 0 Å². The van der Waals surface area contributed by atoms with E-state index in [1.165, 1.54) is 4.68 Å². The summed E-state index contributed by atoms with van der Waals surface area (Å²) in [5, 5.41) is 8.14. The van der Waals surface area contributed by atoms with Crippen molar-refractivity contribution in [2.24, 2.45) is 0 Å². The molecule has 112 valence electrons. The molecule has 0 aliphatic heterocycles. The van der Waals surface area contributed by atoms with Gasteiger partial charge in [0.1, 0.15) is 4.47 Å². The summed E-state index contributed by atoms with van der Waals surface area (Å²) in [7, 11) is 0. The molecule has 2 rings (SSSR count). The van der Waals surface area contributed by atoms with Gasteiger partial charge in [-0.1, -0.05) is 36.7 Å². The Morgan fingerprint density at radius 2 is 2.14 bits per heavy atom. The number of halogens is 2. The summed E-state index contributed by atoms with van der Waals surface area (Å²) in [6, 6.07) is 7.60. The normalized spacial score (nSPS) is 12.2. The summed E-state index contributed by atoms with van der Waals surface area (Å²) in [6.45, 7) is 4.61. The van der Waals surface area contributed by atoms with E-state index < -0.39 is 0 Å². The summed E-state index contributed by atoms with van der Waals surface area (Å²) in [4.78, 5) is 12.2. The summed E-state index contributed by atoms with van der Waals surface area (Å²) in [5.74, 6) is 0. The topological polar surface area (TPSA) is 46.9 Å². The molecule has 0 aliphatic carbocycles. The van der Waals surface area contributed by atoms with Crippen LogP contribution in [0.1, 0.15) is 31.9 Å². The van der Waals surface area contributed by atoms with E-state index in [0.717, 1.165) is 12.0 Å². The Labute approximate surface area is 137 Å². The average Bonchev–Trinajstić information content (AvgIpc) is 2.47. The van der Waals surface area contributed by atoms with Crippen LogP contribution >= 0.6 is 27.5 Å². The molecule has 21 heavy (non-hydrogen) atoms. The molecule has 0 radical (unpaired) electrons. The standard InChI is InChI=1S/C15H17BrClN3O/c1-3-8-20-15(21)14(16)13(9-18-20)19-10(2)11-6-4-5-7-12(11)17/h4-7,9-10,19H,3,8H2,1-2H3. The van der Waals surface area contributed by atoms with Crippen LogP contribution in [0.25, 0.3) is 0 Å². The van der Waals surface area contributed by atoms with Gasteiger partial charge in [-0.2, -0.15) is 5.10 Å². The molecule has 0 fully saturated rings. The van der Waals surface area contributed by atoms with Gasteiger partial charge in [0.05, 0.1) is 17.9 Å². The lowest BCUT2D eigenvalue weighted by Gasteiger charge is -2.18. The molecular weight excluding hydrogens is 354 g/mol. The summed E-state index contributed by atoms with van der Waals surface area (Å²) >= 11 is 9.54. The molecule has 2 aromatic rings. The number of nitrogens with one attached hydrogen (secondary N) is 1. The molecule has 1 aromatic heterocycles. The fraction of sp³-hybridized carbons (Fsp3) is 0.333.